The van der Waals surface area contributed by atoms with Gasteiger partial charge in [-0.3, -0.25) is 4.79 Å². The SMILES string of the molecule is CSc1ccccc1C(=O)Nc1ncnc(Cl)c1Cl. The Bertz CT molecular complexity index is 622. The highest BCUT2D eigenvalue weighted by atomic mass is 35.5. The molecule has 1 aromatic carbocycles. The number of benzene rings is 1. The highest BCUT2D eigenvalue weighted by Crippen LogP contribution is 2.27. The Balaban J connectivity index is 2.28. The van der Waals surface area contributed by atoms with Gasteiger partial charge in [0.1, 0.15) is 11.3 Å². The number of anilines is 1. The van der Waals surface area contributed by atoms with Gasteiger partial charge in [-0.2, -0.15) is 0 Å². The summed E-state index contributed by atoms with van der Waals surface area (Å²) >= 11 is 13.2. The molecule has 1 N–H and O–H groups in total. The third-order valence-electron chi connectivity index (χ3n) is 2.33. The minimum Gasteiger partial charge on any atom is -0.305 e. The van der Waals surface area contributed by atoms with Gasteiger partial charge >= 0.3 is 0 Å². The molecule has 0 radical (unpaired) electrons. The molecule has 2 rings (SSSR count). The van der Waals surface area contributed by atoms with Crippen LogP contribution in [0.5, 0.6) is 0 Å². The average molecular weight is 314 g/mol. The van der Waals surface area contributed by atoms with Gasteiger partial charge in [0, 0.05) is 4.90 Å². The summed E-state index contributed by atoms with van der Waals surface area (Å²) in [4.78, 5) is 20.7. The molecule has 1 aromatic heterocycles. The number of rotatable bonds is 3. The molecule has 0 saturated carbocycles. The first kappa shape index (κ1) is 14.1. The summed E-state index contributed by atoms with van der Waals surface area (Å²) in [6.07, 6.45) is 3.14. The molecule has 0 saturated heterocycles. The molecular formula is C12H9Cl2N3OS. The second-order valence-corrected chi connectivity index (χ2v) is 5.07. The number of carbonyl (C=O) groups excluding carboxylic acids is 1. The van der Waals surface area contributed by atoms with Crippen molar-refractivity contribution in [2.24, 2.45) is 0 Å². The van der Waals surface area contributed by atoms with Crippen LogP contribution < -0.4 is 5.32 Å². The molecule has 0 spiro atoms. The standard InChI is InChI=1S/C12H9Cl2N3OS/c1-19-8-5-3-2-4-7(8)12(18)17-11-9(13)10(14)15-6-16-11/h2-6H,1H3,(H,15,16,17,18). The minimum atomic E-state index is -0.290. The Hall–Kier alpha value is -1.30. The van der Waals surface area contributed by atoms with Gasteiger partial charge in [-0.05, 0) is 18.4 Å². The summed E-state index contributed by atoms with van der Waals surface area (Å²) in [6.45, 7) is 0. The van der Waals surface area contributed by atoms with Crippen LogP contribution in [-0.2, 0) is 0 Å². The third-order valence-corrected chi connectivity index (χ3v) is 3.87. The van der Waals surface area contributed by atoms with Crippen LogP contribution in [0.2, 0.25) is 10.2 Å². The van der Waals surface area contributed by atoms with E-state index in [1.54, 1.807) is 12.1 Å². The summed E-state index contributed by atoms with van der Waals surface area (Å²) in [5.74, 6) is -0.0933. The molecule has 7 heteroatoms. The maximum atomic E-state index is 12.2. The van der Waals surface area contributed by atoms with E-state index in [-0.39, 0.29) is 21.9 Å². The molecule has 0 aliphatic carbocycles. The summed E-state index contributed by atoms with van der Waals surface area (Å²) in [7, 11) is 0. The van der Waals surface area contributed by atoms with Gasteiger partial charge in [0.2, 0.25) is 0 Å². The van der Waals surface area contributed by atoms with Crippen LogP contribution in [0.15, 0.2) is 35.5 Å². The van der Waals surface area contributed by atoms with Crippen LogP contribution in [0.1, 0.15) is 10.4 Å². The molecule has 0 atom stereocenters. The fraction of sp³-hybridized carbons (Fsp3) is 0.0833. The van der Waals surface area contributed by atoms with E-state index in [0.29, 0.717) is 5.56 Å². The summed E-state index contributed by atoms with van der Waals surface area (Å²) in [5.41, 5.74) is 0.556. The Morgan fingerprint density at radius 2 is 2.00 bits per heavy atom. The molecule has 19 heavy (non-hydrogen) atoms. The predicted octanol–water partition coefficient (Wildman–Crippen LogP) is 3.76. The third kappa shape index (κ3) is 3.18. The molecule has 0 aliphatic rings. The number of nitrogens with one attached hydrogen (secondary N) is 1. The van der Waals surface area contributed by atoms with Gasteiger partial charge in [-0.15, -0.1) is 11.8 Å². The second kappa shape index (κ2) is 6.23. The van der Waals surface area contributed by atoms with Crippen LogP contribution in [-0.4, -0.2) is 22.1 Å². The van der Waals surface area contributed by atoms with E-state index >= 15 is 0 Å². The van der Waals surface area contributed by atoms with E-state index in [2.05, 4.69) is 15.3 Å². The number of nitrogens with zero attached hydrogens (tertiary/aromatic N) is 2. The van der Waals surface area contributed by atoms with Crippen molar-refractivity contribution < 1.29 is 4.79 Å². The molecule has 98 valence electrons. The second-order valence-electron chi connectivity index (χ2n) is 3.48. The Morgan fingerprint density at radius 1 is 1.26 bits per heavy atom. The average Bonchev–Trinajstić information content (AvgIpc) is 2.43. The van der Waals surface area contributed by atoms with Crippen LogP contribution in [0.4, 0.5) is 5.82 Å². The Labute approximate surface area is 124 Å². The fourth-order valence-corrected chi connectivity index (χ4v) is 2.32. The molecule has 0 fully saturated rings. The van der Waals surface area contributed by atoms with Gasteiger partial charge < -0.3 is 5.32 Å². The van der Waals surface area contributed by atoms with E-state index in [0.717, 1.165) is 4.90 Å². The normalized spacial score (nSPS) is 10.3. The lowest BCUT2D eigenvalue weighted by atomic mass is 10.2. The molecule has 2 aromatic rings. The van der Waals surface area contributed by atoms with Gasteiger partial charge in [-0.1, -0.05) is 35.3 Å². The lowest BCUT2D eigenvalue weighted by Crippen LogP contribution is -2.14. The number of amides is 1. The maximum absolute atomic E-state index is 12.2. The molecule has 0 bridgehead atoms. The van der Waals surface area contributed by atoms with Crippen molar-refractivity contribution in [3.63, 3.8) is 0 Å². The summed E-state index contributed by atoms with van der Waals surface area (Å²) in [6, 6.07) is 7.27. The lowest BCUT2D eigenvalue weighted by Gasteiger charge is -2.09. The summed E-state index contributed by atoms with van der Waals surface area (Å²) < 4.78 is 0. The number of halogens is 2. The fourth-order valence-electron chi connectivity index (χ4n) is 1.44. The number of hydrogen-bond acceptors (Lipinski definition) is 4. The zero-order valence-electron chi connectivity index (χ0n) is 9.85. The van der Waals surface area contributed by atoms with Crippen molar-refractivity contribution in [1.29, 1.82) is 0 Å². The van der Waals surface area contributed by atoms with Crippen molar-refractivity contribution >= 4 is 46.7 Å². The predicted molar refractivity (Wildman–Crippen MR) is 78.2 cm³/mol. The van der Waals surface area contributed by atoms with Crippen molar-refractivity contribution in [3.05, 3.63) is 46.3 Å². The smallest absolute Gasteiger partial charge is 0.257 e. The first-order valence-corrected chi connectivity index (χ1v) is 7.22. The number of thioether (sulfide) groups is 1. The van der Waals surface area contributed by atoms with Gasteiger partial charge in [0.15, 0.2) is 11.0 Å². The Morgan fingerprint density at radius 3 is 2.74 bits per heavy atom. The topological polar surface area (TPSA) is 54.9 Å². The quantitative estimate of drug-likeness (QED) is 0.692. The van der Waals surface area contributed by atoms with E-state index in [9.17, 15) is 4.79 Å². The van der Waals surface area contributed by atoms with Crippen LogP contribution in [0.3, 0.4) is 0 Å². The van der Waals surface area contributed by atoms with Crippen molar-refractivity contribution in [2.75, 3.05) is 11.6 Å². The van der Waals surface area contributed by atoms with E-state index < -0.39 is 0 Å². The van der Waals surface area contributed by atoms with Crippen molar-refractivity contribution in [3.8, 4) is 0 Å². The van der Waals surface area contributed by atoms with Crippen molar-refractivity contribution in [2.45, 2.75) is 4.90 Å². The van der Waals surface area contributed by atoms with E-state index in [1.807, 2.05) is 18.4 Å². The monoisotopic (exact) mass is 313 g/mol. The number of carbonyl (C=O) groups is 1. The van der Waals surface area contributed by atoms with Crippen LogP contribution in [0.25, 0.3) is 0 Å². The molecule has 4 nitrogen and oxygen atoms in total. The van der Waals surface area contributed by atoms with Gasteiger partial charge in [-0.25, -0.2) is 9.97 Å². The van der Waals surface area contributed by atoms with E-state index in [4.69, 9.17) is 23.2 Å². The molecule has 0 unspecified atom stereocenters. The number of aromatic nitrogens is 2. The Kier molecular flexibility index (Phi) is 4.63. The van der Waals surface area contributed by atoms with Crippen LogP contribution in [0, 0.1) is 0 Å². The van der Waals surface area contributed by atoms with Gasteiger partial charge in [0.25, 0.3) is 5.91 Å². The van der Waals surface area contributed by atoms with Crippen LogP contribution >= 0.6 is 35.0 Å². The zero-order valence-corrected chi connectivity index (χ0v) is 12.2. The van der Waals surface area contributed by atoms with E-state index in [1.165, 1.54) is 18.1 Å². The summed E-state index contributed by atoms with van der Waals surface area (Å²) in [5, 5.41) is 2.85. The molecule has 1 amide bonds. The first-order valence-electron chi connectivity index (χ1n) is 5.24. The molecule has 0 aliphatic heterocycles. The van der Waals surface area contributed by atoms with Gasteiger partial charge in [0.05, 0.1) is 5.56 Å². The number of hydrogen-bond donors (Lipinski definition) is 1. The highest BCUT2D eigenvalue weighted by molar-refractivity contribution is 7.98. The first-order chi connectivity index (χ1) is 9.13. The molecule has 1 heterocycles. The molecular weight excluding hydrogens is 305 g/mol. The minimum absolute atomic E-state index is 0.102. The lowest BCUT2D eigenvalue weighted by molar-refractivity contribution is 0.102. The highest BCUT2D eigenvalue weighted by Gasteiger charge is 2.14. The maximum Gasteiger partial charge on any atom is 0.257 e. The zero-order chi connectivity index (χ0) is 13.8. The van der Waals surface area contributed by atoms with Crippen molar-refractivity contribution in [1.82, 2.24) is 9.97 Å². The largest absolute Gasteiger partial charge is 0.305 e.